The fraction of sp³-hybridized carbons (Fsp3) is 0.533. The average molecular weight is 315 g/mol. The first-order valence-corrected chi connectivity index (χ1v) is 6.68. The van der Waals surface area contributed by atoms with Gasteiger partial charge in [-0.1, -0.05) is 25.4 Å². The van der Waals surface area contributed by atoms with E-state index in [1.807, 2.05) is 13.0 Å². The van der Waals surface area contributed by atoms with Gasteiger partial charge in [0.25, 0.3) is 0 Å². The Balaban J connectivity index is 0.00000200. The zero-order valence-corrected chi connectivity index (χ0v) is 13.7. The molecular formula is C15H20Cl2N2O. The summed E-state index contributed by atoms with van der Waals surface area (Å²) in [6.07, 6.45) is 0.782. The first-order chi connectivity index (χ1) is 8.63. The van der Waals surface area contributed by atoms with Crippen LogP contribution in [0.25, 0.3) is 0 Å². The molecule has 1 aliphatic carbocycles. The van der Waals surface area contributed by atoms with Crippen molar-refractivity contribution < 1.29 is 4.74 Å². The molecule has 1 saturated carbocycles. The molecule has 1 aliphatic rings. The Labute approximate surface area is 131 Å². The van der Waals surface area contributed by atoms with Gasteiger partial charge in [0.15, 0.2) is 0 Å². The van der Waals surface area contributed by atoms with Gasteiger partial charge in [-0.3, -0.25) is 0 Å². The van der Waals surface area contributed by atoms with Crippen LogP contribution in [0.5, 0.6) is 5.75 Å². The van der Waals surface area contributed by atoms with E-state index in [1.54, 1.807) is 18.2 Å². The molecule has 0 amide bonds. The van der Waals surface area contributed by atoms with Crippen LogP contribution >= 0.6 is 24.0 Å². The highest BCUT2D eigenvalue weighted by Gasteiger charge is 2.64. The maximum atomic E-state index is 8.86. The van der Waals surface area contributed by atoms with Crippen LogP contribution in [0.3, 0.4) is 0 Å². The second-order valence-corrected chi connectivity index (χ2v) is 6.71. The molecule has 2 N–H and O–H groups in total. The summed E-state index contributed by atoms with van der Waals surface area (Å²) in [6, 6.07) is 7.17. The van der Waals surface area contributed by atoms with Gasteiger partial charge in [0, 0.05) is 23.4 Å². The van der Waals surface area contributed by atoms with Gasteiger partial charge in [0.2, 0.25) is 0 Å². The van der Waals surface area contributed by atoms with E-state index >= 15 is 0 Å². The van der Waals surface area contributed by atoms with Crippen LogP contribution in [-0.2, 0) is 0 Å². The van der Waals surface area contributed by atoms with Crippen molar-refractivity contribution in [3.63, 3.8) is 0 Å². The average Bonchev–Trinajstić information content (AvgIpc) is 2.28. The van der Waals surface area contributed by atoms with Gasteiger partial charge >= 0.3 is 0 Å². The van der Waals surface area contributed by atoms with E-state index in [0.717, 1.165) is 6.42 Å². The van der Waals surface area contributed by atoms with Crippen molar-refractivity contribution in [3.8, 4) is 11.8 Å². The number of halogens is 2. The first kappa shape index (κ1) is 17.1. The zero-order chi connectivity index (χ0) is 14.5. The van der Waals surface area contributed by atoms with Gasteiger partial charge in [-0.15, -0.1) is 12.4 Å². The lowest BCUT2D eigenvalue weighted by atomic mass is 9.48. The summed E-state index contributed by atoms with van der Waals surface area (Å²) in [7, 11) is 0. The quantitative estimate of drug-likeness (QED) is 0.900. The van der Waals surface area contributed by atoms with Gasteiger partial charge < -0.3 is 10.5 Å². The van der Waals surface area contributed by atoms with E-state index in [-0.39, 0.29) is 29.0 Å². The Hall–Kier alpha value is -0.950. The summed E-state index contributed by atoms with van der Waals surface area (Å²) in [6.45, 7) is 8.33. The second kappa shape index (κ2) is 5.11. The maximum Gasteiger partial charge on any atom is 0.121 e. The molecule has 1 aromatic rings. The molecule has 0 bridgehead atoms. The first-order valence-electron chi connectivity index (χ1n) is 6.30. The van der Waals surface area contributed by atoms with Crippen molar-refractivity contribution >= 4 is 24.0 Å². The lowest BCUT2D eigenvalue weighted by Crippen LogP contribution is -2.75. The largest absolute Gasteiger partial charge is 0.487 e. The van der Waals surface area contributed by atoms with Gasteiger partial charge in [0.05, 0.1) is 10.6 Å². The van der Waals surface area contributed by atoms with Crippen LogP contribution < -0.4 is 10.5 Å². The van der Waals surface area contributed by atoms with Crippen LogP contribution in [0, 0.1) is 16.7 Å². The predicted molar refractivity (Wildman–Crippen MR) is 83.4 cm³/mol. The molecule has 2 rings (SSSR count). The topological polar surface area (TPSA) is 59.0 Å². The van der Waals surface area contributed by atoms with Crippen molar-refractivity contribution in [2.24, 2.45) is 11.1 Å². The molecule has 5 heteroatoms. The van der Waals surface area contributed by atoms with Crippen molar-refractivity contribution in [2.45, 2.75) is 45.3 Å². The molecule has 0 heterocycles. The molecule has 1 fully saturated rings. The van der Waals surface area contributed by atoms with Gasteiger partial charge in [-0.25, -0.2) is 0 Å². The molecule has 20 heavy (non-hydrogen) atoms. The monoisotopic (exact) mass is 314 g/mol. The Kier molecular flexibility index (Phi) is 4.37. The van der Waals surface area contributed by atoms with Crippen molar-refractivity contribution in [1.82, 2.24) is 0 Å². The number of hydrogen-bond acceptors (Lipinski definition) is 3. The molecule has 1 aromatic carbocycles. The standard InChI is InChI=1S/C15H19ClN2O.ClH/c1-13(2)14(3,18)9-15(13,4)19-11-6-5-10(8-17)12(16)7-11;/h5-7H,9,18H2,1-4H3;1H/t14-,15-;/m1./s1. The van der Waals surface area contributed by atoms with Crippen LogP contribution in [0.2, 0.25) is 5.02 Å². The van der Waals surface area contributed by atoms with Crippen molar-refractivity contribution in [2.75, 3.05) is 0 Å². The maximum absolute atomic E-state index is 8.86. The predicted octanol–water partition coefficient (Wildman–Crippen LogP) is 3.92. The molecule has 0 aromatic heterocycles. The highest BCUT2D eigenvalue weighted by atomic mass is 35.5. The fourth-order valence-electron chi connectivity index (χ4n) is 2.71. The molecule has 0 spiro atoms. The zero-order valence-electron chi connectivity index (χ0n) is 12.2. The Morgan fingerprint density at radius 2 is 1.90 bits per heavy atom. The number of benzene rings is 1. The summed E-state index contributed by atoms with van der Waals surface area (Å²) >= 11 is 6.02. The molecule has 0 aliphatic heterocycles. The van der Waals surface area contributed by atoms with Crippen molar-refractivity contribution in [1.29, 1.82) is 5.26 Å². The SMILES string of the molecule is CC1(C)[C@](C)(Oc2ccc(C#N)c(Cl)c2)C[C@@]1(C)N.Cl. The number of ether oxygens (including phenoxy) is 1. The molecule has 3 nitrogen and oxygen atoms in total. The van der Waals surface area contributed by atoms with E-state index in [0.29, 0.717) is 16.3 Å². The summed E-state index contributed by atoms with van der Waals surface area (Å²) in [5.41, 5.74) is 6.01. The normalized spacial score (nSPS) is 30.6. The third-order valence-electron chi connectivity index (χ3n) is 4.86. The number of nitriles is 1. The third kappa shape index (κ3) is 2.37. The van der Waals surface area contributed by atoms with Crippen LogP contribution in [0.1, 0.15) is 39.7 Å². The smallest absolute Gasteiger partial charge is 0.121 e. The van der Waals surface area contributed by atoms with Crippen LogP contribution in [0.15, 0.2) is 18.2 Å². The molecule has 0 radical (unpaired) electrons. The van der Waals surface area contributed by atoms with E-state index in [9.17, 15) is 0 Å². The number of rotatable bonds is 2. The van der Waals surface area contributed by atoms with E-state index < -0.39 is 0 Å². The minimum atomic E-state index is -0.325. The van der Waals surface area contributed by atoms with Crippen LogP contribution in [-0.4, -0.2) is 11.1 Å². The summed E-state index contributed by atoms with van der Waals surface area (Å²) in [5.74, 6) is 0.676. The minimum Gasteiger partial charge on any atom is -0.487 e. The molecule has 110 valence electrons. The van der Waals surface area contributed by atoms with E-state index in [2.05, 4.69) is 20.8 Å². The Morgan fingerprint density at radius 1 is 1.30 bits per heavy atom. The Morgan fingerprint density at radius 3 is 2.30 bits per heavy atom. The van der Waals surface area contributed by atoms with Crippen LogP contribution in [0.4, 0.5) is 0 Å². The minimum absolute atomic E-state index is 0. The third-order valence-corrected chi connectivity index (χ3v) is 5.17. The molecular weight excluding hydrogens is 295 g/mol. The van der Waals surface area contributed by atoms with E-state index in [4.69, 9.17) is 27.3 Å². The molecule has 0 unspecified atom stereocenters. The molecule has 0 saturated heterocycles. The summed E-state index contributed by atoms with van der Waals surface area (Å²) < 4.78 is 6.10. The fourth-order valence-corrected chi connectivity index (χ4v) is 2.93. The number of nitrogens with two attached hydrogens (primary N) is 1. The van der Waals surface area contributed by atoms with Gasteiger partial charge in [-0.2, -0.15) is 5.26 Å². The second-order valence-electron chi connectivity index (χ2n) is 6.31. The highest BCUT2D eigenvalue weighted by Crippen LogP contribution is 2.57. The lowest BCUT2D eigenvalue weighted by Gasteiger charge is -2.64. The lowest BCUT2D eigenvalue weighted by molar-refractivity contribution is -0.170. The highest BCUT2D eigenvalue weighted by molar-refractivity contribution is 6.31. The summed E-state index contributed by atoms with van der Waals surface area (Å²) in [5, 5.41) is 9.27. The molecule has 2 atom stereocenters. The van der Waals surface area contributed by atoms with Crippen molar-refractivity contribution in [3.05, 3.63) is 28.8 Å². The summed E-state index contributed by atoms with van der Waals surface area (Å²) in [4.78, 5) is 0. The van der Waals surface area contributed by atoms with Gasteiger partial charge in [-0.05, 0) is 26.0 Å². The van der Waals surface area contributed by atoms with Gasteiger partial charge in [0.1, 0.15) is 17.4 Å². The number of hydrogen-bond donors (Lipinski definition) is 1. The van der Waals surface area contributed by atoms with E-state index in [1.165, 1.54) is 0 Å². The Bertz CT molecular complexity index is 563. The number of nitrogens with zero attached hydrogens (tertiary/aromatic N) is 1.